The summed E-state index contributed by atoms with van der Waals surface area (Å²) in [5.41, 5.74) is 0.948. The lowest BCUT2D eigenvalue weighted by Crippen LogP contribution is -2.05. The standard InChI is InChI=1S/C13H9ClN4O3/c1-21-13(20)8-4-9(14)12-17-16-11(18(12)6-8)7-2-3-15-10(19)5-7/h2-6H,1H3,(H,15,19). The van der Waals surface area contributed by atoms with Gasteiger partial charge in [0.05, 0.1) is 17.7 Å². The first-order valence-electron chi connectivity index (χ1n) is 5.92. The largest absolute Gasteiger partial charge is 0.465 e. The van der Waals surface area contributed by atoms with Crippen LogP contribution in [0, 0.1) is 0 Å². The molecule has 3 aromatic rings. The molecule has 3 rings (SSSR count). The second kappa shape index (κ2) is 5.02. The lowest BCUT2D eigenvalue weighted by atomic mass is 10.2. The number of aromatic amines is 1. The zero-order valence-electron chi connectivity index (χ0n) is 10.8. The first-order chi connectivity index (χ1) is 10.1. The summed E-state index contributed by atoms with van der Waals surface area (Å²) in [5, 5.41) is 8.25. The molecule has 0 fully saturated rings. The predicted octanol–water partition coefficient (Wildman–Crippen LogP) is 1.52. The molecule has 0 aromatic carbocycles. The number of esters is 1. The number of methoxy groups -OCH3 is 1. The molecule has 21 heavy (non-hydrogen) atoms. The number of halogens is 1. The molecule has 0 bridgehead atoms. The fourth-order valence-corrected chi connectivity index (χ4v) is 2.21. The Morgan fingerprint density at radius 1 is 1.38 bits per heavy atom. The van der Waals surface area contributed by atoms with E-state index >= 15 is 0 Å². The van der Waals surface area contributed by atoms with Crippen LogP contribution in [0.2, 0.25) is 5.02 Å². The third-order valence-electron chi connectivity index (χ3n) is 2.91. The van der Waals surface area contributed by atoms with E-state index in [1.165, 1.54) is 31.6 Å². The third kappa shape index (κ3) is 2.27. The predicted molar refractivity (Wildman–Crippen MR) is 75.4 cm³/mol. The Kier molecular flexibility index (Phi) is 3.19. The summed E-state index contributed by atoms with van der Waals surface area (Å²) in [6.07, 6.45) is 3.02. The molecule has 0 saturated carbocycles. The van der Waals surface area contributed by atoms with Crippen molar-refractivity contribution in [2.45, 2.75) is 0 Å². The molecule has 0 amide bonds. The van der Waals surface area contributed by atoms with Gasteiger partial charge in [0.2, 0.25) is 5.56 Å². The Labute approximate surface area is 123 Å². The van der Waals surface area contributed by atoms with Gasteiger partial charge in [-0.2, -0.15) is 0 Å². The van der Waals surface area contributed by atoms with E-state index in [4.69, 9.17) is 11.6 Å². The Morgan fingerprint density at radius 2 is 2.19 bits per heavy atom. The zero-order valence-corrected chi connectivity index (χ0v) is 11.6. The number of aromatic nitrogens is 4. The summed E-state index contributed by atoms with van der Waals surface area (Å²) in [5.74, 6) is -0.117. The van der Waals surface area contributed by atoms with Crippen LogP contribution in [-0.4, -0.2) is 32.7 Å². The molecular formula is C13H9ClN4O3. The van der Waals surface area contributed by atoms with Gasteiger partial charge in [-0.3, -0.25) is 9.20 Å². The SMILES string of the molecule is COC(=O)c1cc(Cl)c2nnc(-c3cc[nH]c(=O)c3)n2c1. The molecule has 1 N–H and O–H groups in total. The van der Waals surface area contributed by atoms with Gasteiger partial charge in [0.1, 0.15) is 0 Å². The van der Waals surface area contributed by atoms with Gasteiger partial charge in [0.15, 0.2) is 11.5 Å². The molecule has 106 valence electrons. The number of rotatable bonds is 2. The van der Waals surface area contributed by atoms with Crippen molar-refractivity contribution in [2.24, 2.45) is 0 Å². The van der Waals surface area contributed by atoms with Crippen molar-refractivity contribution in [3.63, 3.8) is 0 Å². The van der Waals surface area contributed by atoms with Crippen LogP contribution in [0.1, 0.15) is 10.4 Å². The minimum absolute atomic E-state index is 0.264. The molecule has 0 saturated heterocycles. The van der Waals surface area contributed by atoms with Crippen molar-refractivity contribution in [1.29, 1.82) is 0 Å². The molecule has 3 heterocycles. The molecule has 0 radical (unpaired) electrons. The topological polar surface area (TPSA) is 89.3 Å². The Bertz CT molecular complexity index is 900. The summed E-state index contributed by atoms with van der Waals surface area (Å²) in [4.78, 5) is 25.6. The smallest absolute Gasteiger partial charge is 0.339 e. The van der Waals surface area contributed by atoms with Gasteiger partial charge < -0.3 is 9.72 Å². The minimum atomic E-state index is -0.524. The second-order valence-corrected chi connectivity index (χ2v) is 4.63. The Balaban J connectivity index is 2.27. The summed E-state index contributed by atoms with van der Waals surface area (Å²) in [6, 6.07) is 4.52. The number of nitrogens with one attached hydrogen (secondary N) is 1. The molecule has 0 atom stereocenters. The van der Waals surface area contributed by atoms with Crippen LogP contribution in [0.25, 0.3) is 17.0 Å². The zero-order chi connectivity index (χ0) is 15.0. The van der Waals surface area contributed by atoms with Crippen molar-refractivity contribution < 1.29 is 9.53 Å². The number of H-pyrrole nitrogens is 1. The van der Waals surface area contributed by atoms with Gasteiger partial charge in [0, 0.05) is 24.0 Å². The molecular weight excluding hydrogens is 296 g/mol. The average Bonchev–Trinajstić information content (AvgIpc) is 2.90. The number of hydrogen-bond acceptors (Lipinski definition) is 5. The normalized spacial score (nSPS) is 10.8. The highest BCUT2D eigenvalue weighted by Gasteiger charge is 2.15. The maximum absolute atomic E-state index is 11.6. The number of pyridine rings is 2. The number of carbonyl (C=O) groups excluding carboxylic acids is 1. The number of hydrogen-bond donors (Lipinski definition) is 1. The summed E-state index contributed by atoms with van der Waals surface area (Å²) in [7, 11) is 1.28. The molecule has 7 nitrogen and oxygen atoms in total. The maximum atomic E-state index is 11.6. The summed E-state index contributed by atoms with van der Waals surface area (Å²) >= 11 is 6.10. The van der Waals surface area contributed by atoms with E-state index in [-0.39, 0.29) is 16.1 Å². The van der Waals surface area contributed by atoms with Gasteiger partial charge in [-0.25, -0.2) is 4.79 Å². The number of nitrogens with zero attached hydrogens (tertiary/aromatic N) is 3. The van der Waals surface area contributed by atoms with Gasteiger partial charge in [-0.15, -0.1) is 10.2 Å². The van der Waals surface area contributed by atoms with Gasteiger partial charge in [-0.1, -0.05) is 11.6 Å². The average molecular weight is 305 g/mol. The highest BCUT2D eigenvalue weighted by Crippen LogP contribution is 2.23. The second-order valence-electron chi connectivity index (χ2n) is 4.23. The minimum Gasteiger partial charge on any atom is -0.465 e. The fourth-order valence-electron chi connectivity index (χ4n) is 1.96. The first kappa shape index (κ1) is 13.3. The molecule has 0 aliphatic carbocycles. The maximum Gasteiger partial charge on any atom is 0.339 e. The molecule has 3 aromatic heterocycles. The van der Waals surface area contributed by atoms with E-state index in [0.29, 0.717) is 17.0 Å². The van der Waals surface area contributed by atoms with E-state index < -0.39 is 5.97 Å². The molecule has 0 aliphatic rings. The van der Waals surface area contributed by atoms with E-state index in [2.05, 4.69) is 19.9 Å². The van der Waals surface area contributed by atoms with Crippen molar-refractivity contribution in [3.05, 3.63) is 51.5 Å². The lowest BCUT2D eigenvalue weighted by Gasteiger charge is -2.04. The highest BCUT2D eigenvalue weighted by atomic mass is 35.5. The quantitative estimate of drug-likeness (QED) is 0.725. The van der Waals surface area contributed by atoms with Crippen LogP contribution in [0.3, 0.4) is 0 Å². The van der Waals surface area contributed by atoms with Crippen LogP contribution in [0.4, 0.5) is 0 Å². The number of carbonyl (C=O) groups is 1. The number of ether oxygens (including phenoxy) is 1. The Morgan fingerprint density at radius 3 is 2.90 bits per heavy atom. The van der Waals surface area contributed by atoms with E-state index in [0.717, 1.165) is 0 Å². The van der Waals surface area contributed by atoms with Crippen LogP contribution < -0.4 is 5.56 Å². The van der Waals surface area contributed by atoms with Gasteiger partial charge in [-0.05, 0) is 12.1 Å². The summed E-state index contributed by atoms with van der Waals surface area (Å²) < 4.78 is 6.22. The third-order valence-corrected chi connectivity index (χ3v) is 3.19. The van der Waals surface area contributed by atoms with Crippen LogP contribution in [0.5, 0.6) is 0 Å². The molecule has 0 unspecified atom stereocenters. The van der Waals surface area contributed by atoms with Crippen LogP contribution in [-0.2, 0) is 4.74 Å². The molecule has 0 aliphatic heterocycles. The molecule has 8 heteroatoms. The van der Waals surface area contributed by atoms with Gasteiger partial charge >= 0.3 is 5.97 Å². The Hall–Kier alpha value is -2.67. The van der Waals surface area contributed by atoms with E-state index in [1.807, 2.05) is 0 Å². The number of fused-ring (bicyclic) bond motifs is 1. The van der Waals surface area contributed by atoms with Gasteiger partial charge in [0.25, 0.3) is 0 Å². The van der Waals surface area contributed by atoms with Crippen molar-refractivity contribution in [2.75, 3.05) is 7.11 Å². The van der Waals surface area contributed by atoms with E-state index in [1.54, 1.807) is 10.5 Å². The van der Waals surface area contributed by atoms with E-state index in [9.17, 15) is 9.59 Å². The molecule has 0 spiro atoms. The monoisotopic (exact) mass is 304 g/mol. The summed E-state index contributed by atoms with van der Waals surface area (Å²) in [6.45, 7) is 0. The van der Waals surface area contributed by atoms with Crippen LogP contribution >= 0.6 is 11.6 Å². The fraction of sp³-hybridized carbons (Fsp3) is 0.0769. The first-order valence-corrected chi connectivity index (χ1v) is 6.29. The highest BCUT2D eigenvalue weighted by molar-refractivity contribution is 6.33. The van der Waals surface area contributed by atoms with Crippen molar-refractivity contribution >= 4 is 23.2 Å². The lowest BCUT2D eigenvalue weighted by molar-refractivity contribution is 0.0600. The van der Waals surface area contributed by atoms with Crippen LogP contribution in [0.15, 0.2) is 35.4 Å². The van der Waals surface area contributed by atoms with Crippen molar-refractivity contribution in [1.82, 2.24) is 19.6 Å². The van der Waals surface area contributed by atoms with Crippen molar-refractivity contribution in [3.8, 4) is 11.4 Å².